The number of anilines is 2. The normalized spacial score (nSPS) is 13.5. The Kier molecular flexibility index (Phi) is 12.1. The number of nitrogens with zero attached hydrogens (tertiary/aromatic N) is 2. The van der Waals surface area contributed by atoms with Crippen LogP contribution in [0.15, 0.2) is 84.9 Å². The number of hydrogen-bond donors (Lipinski definition) is 5. The molecular formula is C35H37N7O8. The molecule has 50 heavy (non-hydrogen) atoms. The summed E-state index contributed by atoms with van der Waals surface area (Å²) in [4.78, 5) is 87.2. The van der Waals surface area contributed by atoms with E-state index in [1.807, 2.05) is 0 Å². The van der Waals surface area contributed by atoms with Gasteiger partial charge >= 0.3 is 6.03 Å². The molecule has 260 valence electrons. The molecule has 0 saturated carbocycles. The summed E-state index contributed by atoms with van der Waals surface area (Å²) in [7, 11) is 0. The second kappa shape index (κ2) is 16.6. The van der Waals surface area contributed by atoms with Gasteiger partial charge in [0.1, 0.15) is 12.1 Å². The van der Waals surface area contributed by atoms with Crippen LogP contribution in [-0.2, 0) is 25.6 Å². The van der Waals surface area contributed by atoms with E-state index in [9.17, 15) is 38.9 Å². The van der Waals surface area contributed by atoms with Gasteiger partial charge in [-0.25, -0.2) is 9.69 Å². The zero-order chi connectivity index (χ0) is 36.4. The van der Waals surface area contributed by atoms with Gasteiger partial charge in [0.2, 0.25) is 11.8 Å². The van der Waals surface area contributed by atoms with Crippen LogP contribution < -0.4 is 31.9 Å². The van der Waals surface area contributed by atoms with Crippen molar-refractivity contribution in [3.8, 4) is 0 Å². The monoisotopic (exact) mass is 683 g/mol. The standard InChI is InChI=1S/C35H37N7O8/c1-21(2)31(40-32(45)23-11-15-25(16-12-23)41-29(43)17-18-30(41)44)34(47)39-28(8-5-19-37-35(36)48)33(46)38-27-7-4-3-6-24(27)20-22-9-13-26(14-10-22)42(49)50/h3-4,6-7,9-18,21,28,31H,5,8,19-20H2,1-2H3,(H,38,46)(H,39,47)(H,40,45)(H3,36,37,48)/t28-,31-/m0/s1. The number of non-ortho nitro benzene ring substituents is 1. The molecule has 15 heteroatoms. The van der Waals surface area contributed by atoms with Crippen LogP contribution >= 0.6 is 0 Å². The van der Waals surface area contributed by atoms with Crippen LogP contribution in [0.3, 0.4) is 0 Å². The highest BCUT2D eigenvalue weighted by atomic mass is 16.6. The SMILES string of the molecule is CC(C)[C@H](NC(=O)c1ccc(N2C(=O)C=CC2=O)cc1)C(=O)N[C@@H](CCCNC(N)=O)C(=O)Nc1ccccc1Cc1ccc([N+](=O)[O-])cc1. The lowest BCUT2D eigenvalue weighted by Gasteiger charge is -2.26. The number of hydrogen-bond acceptors (Lipinski definition) is 8. The van der Waals surface area contributed by atoms with Crippen molar-refractivity contribution in [2.45, 2.75) is 45.2 Å². The van der Waals surface area contributed by atoms with Crippen LogP contribution in [0.4, 0.5) is 21.9 Å². The maximum Gasteiger partial charge on any atom is 0.312 e. The van der Waals surface area contributed by atoms with E-state index in [1.165, 1.54) is 36.4 Å². The molecule has 0 bridgehead atoms. The molecule has 1 aliphatic heterocycles. The van der Waals surface area contributed by atoms with Crippen molar-refractivity contribution < 1.29 is 33.7 Å². The van der Waals surface area contributed by atoms with Gasteiger partial charge in [-0.15, -0.1) is 0 Å². The van der Waals surface area contributed by atoms with Gasteiger partial charge in [-0.2, -0.15) is 0 Å². The highest BCUT2D eigenvalue weighted by Crippen LogP contribution is 2.22. The molecule has 15 nitrogen and oxygen atoms in total. The first-order valence-corrected chi connectivity index (χ1v) is 15.8. The first kappa shape index (κ1) is 36.5. The molecule has 0 radical (unpaired) electrons. The van der Waals surface area contributed by atoms with Crippen molar-refractivity contribution in [3.63, 3.8) is 0 Å². The van der Waals surface area contributed by atoms with Gasteiger partial charge in [-0.3, -0.25) is 34.1 Å². The molecule has 0 aliphatic carbocycles. The first-order chi connectivity index (χ1) is 23.8. The van der Waals surface area contributed by atoms with E-state index in [4.69, 9.17) is 5.73 Å². The van der Waals surface area contributed by atoms with Crippen LogP contribution in [0.1, 0.15) is 48.2 Å². The summed E-state index contributed by atoms with van der Waals surface area (Å²) in [6.07, 6.45) is 3.06. The first-order valence-electron chi connectivity index (χ1n) is 15.8. The van der Waals surface area contributed by atoms with Crippen molar-refractivity contribution in [2.75, 3.05) is 16.8 Å². The minimum absolute atomic E-state index is 0.0424. The average molecular weight is 684 g/mol. The number of nitro groups is 1. The Labute approximate surface area is 287 Å². The third kappa shape index (κ3) is 9.59. The predicted molar refractivity (Wildman–Crippen MR) is 184 cm³/mol. The van der Waals surface area contributed by atoms with Gasteiger partial charge in [0.05, 0.1) is 10.6 Å². The van der Waals surface area contributed by atoms with Crippen LogP contribution in [0, 0.1) is 16.0 Å². The maximum atomic E-state index is 13.7. The molecule has 6 N–H and O–H groups in total. The molecule has 7 amide bonds. The van der Waals surface area contributed by atoms with E-state index in [2.05, 4.69) is 21.3 Å². The number of amides is 7. The Morgan fingerprint density at radius 1 is 0.860 bits per heavy atom. The number of imide groups is 1. The fourth-order valence-corrected chi connectivity index (χ4v) is 5.20. The minimum Gasteiger partial charge on any atom is -0.352 e. The fraction of sp³-hybridized carbons (Fsp3) is 0.257. The third-order valence-electron chi connectivity index (χ3n) is 7.85. The third-order valence-corrected chi connectivity index (χ3v) is 7.85. The van der Waals surface area contributed by atoms with Gasteiger partial charge < -0.3 is 27.0 Å². The van der Waals surface area contributed by atoms with E-state index >= 15 is 0 Å². The van der Waals surface area contributed by atoms with Gasteiger partial charge in [0, 0.05) is 42.1 Å². The Bertz CT molecular complexity index is 1790. The largest absolute Gasteiger partial charge is 0.352 e. The van der Waals surface area contributed by atoms with Crippen LogP contribution in [0.25, 0.3) is 0 Å². The number of nitro benzene ring substituents is 1. The van der Waals surface area contributed by atoms with E-state index in [-0.39, 0.29) is 36.3 Å². The highest BCUT2D eigenvalue weighted by Gasteiger charge is 2.30. The number of carbonyl (C=O) groups is 6. The second-order valence-electron chi connectivity index (χ2n) is 11.8. The Hall–Kier alpha value is -6.38. The Balaban J connectivity index is 1.47. The summed E-state index contributed by atoms with van der Waals surface area (Å²) in [5, 5.41) is 21.8. The van der Waals surface area contributed by atoms with Crippen LogP contribution in [0.2, 0.25) is 0 Å². The minimum atomic E-state index is -1.08. The van der Waals surface area contributed by atoms with Crippen LogP contribution in [-0.4, -0.2) is 59.1 Å². The molecule has 3 aromatic carbocycles. The van der Waals surface area contributed by atoms with Crippen molar-refractivity contribution in [3.05, 3.63) is 112 Å². The number of urea groups is 1. The number of nitrogens with one attached hydrogen (secondary N) is 4. The average Bonchev–Trinajstić information content (AvgIpc) is 3.42. The number of rotatable bonds is 15. The lowest BCUT2D eigenvalue weighted by Crippen LogP contribution is -2.54. The van der Waals surface area contributed by atoms with Gasteiger partial charge in [0.15, 0.2) is 0 Å². The zero-order valence-corrected chi connectivity index (χ0v) is 27.4. The van der Waals surface area contributed by atoms with Gasteiger partial charge in [-0.1, -0.05) is 44.2 Å². The number of nitrogens with two attached hydrogens (primary N) is 1. The van der Waals surface area contributed by atoms with Crippen molar-refractivity contribution in [1.82, 2.24) is 16.0 Å². The molecular weight excluding hydrogens is 646 g/mol. The predicted octanol–water partition coefficient (Wildman–Crippen LogP) is 2.94. The van der Waals surface area contributed by atoms with Crippen molar-refractivity contribution in [2.24, 2.45) is 11.7 Å². The lowest BCUT2D eigenvalue weighted by molar-refractivity contribution is -0.384. The van der Waals surface area contributed by atoms with E-state index in [0.717, 1.165) is 28.2 Å². The smallest absolute Gasteiger partial charge is 0.312 e. The summed E-state index contributed by atoms with van der Waals surface area (Å²) < 4.78 is 0. The molecule has 3 aromatic rings. The molecule has 1 aliphatic rings. The van der Waals surface area contributed by atoms with Crippen LogP contribution in [0.5, 0.6) is 0 Å². The van der Waals surface area contributed by atoms with Gasteiger partial charge in [0.25, 0.3) is 23.4 Å². The summed E-state index contributed by atoms with van der Waals surface area (Å²) >= 11 is 0. The Morgan fingerprint density at radius 2 is 1.50 bits per heavy atom. The number of primary amides is 1. The molecule has 0 saturated heterocycles. The van der Waals surface area contributed by atoms with E-state index in [0.29, 0.717) is 12.1 Å². The summed E-state index contributed by atoms with van der Waals surface area (Å²) in [5.74, 6) is -3.15. The summed E-state index contributed by atoms with van der Waals surface area (Å²) in [6, 6.07) is 16.0. The number of carbonyl (C=O) groups excluding carboxylic acids is 6. The molecule has 0 aromatic heterocycles. The van der Waals surface area contributed by atoms with E-state index in [1.54, 1.807) is 50.2 Å². The lowest BCUT2D eigenvalue weighted by atomic mass is 10.0. The topological polar surface area (TPSA) is 223 Å². The summed E-state index contributed by atoms with van der Waals surface area (Å²) in [6.45, 7) is 3.60. The summed E-state index contributed by atoms with van der Waals surface area (Å²) in [5.41, 5.74) is 7.56. The van der Waals surface area contributed by atoms with Crippen molar-refractivity contribution >= 4 is 52.6 Å². The second-order valence-corrected chi connectivity index (χ2v) is 11.8. The van der Waals surface area contributed by atoms with E-state index < -0.39 is 58.5 Å². The molecule has 0 spiro atoms. The highest BCUT2D eigenvalue weighted by molar-refractivity contribution is 6.28. The maximum absolute atomic E-state index is 13.7. The fourth-order valence-electron chi connectivity index (χ4n) is 5.20. The Morgan fingerprint density at radius 3 is 2.10 bits per heavy atom. The van der Waals surface area contributed by atoms with Crippen molar-refractivity contribution in [1.29, 1.82) is 0 Å². The number of para-hydroxylation sites is 1. The molecule has 0 fully saturated rings. The number of benzene rings is 3. The quantitative estimate of drug-likeness (QED) is 0.0692. The molecule has 0 unspecified atom stereocenters. The molecule has 4 rings (SSSR count). The van der Waals surface area contributed by atoms with Gasteiger partial charge in [-0.05, 0) is 66.6 Å². The zero-order valence-electron chi connectivity index (χ0n) is 27.4. The molecule has 2 atom stereocenters. The molecule has 1 heterocycles.